The molecule has 0 aliphatic heterocycles. The Morgan fingerprint density at radius 1 is 1.16 bits per heavy atom. The van der Waals surface area contributed by atoms with Crippen LogP contribution in [0.2, 0.25) is 0 Å². The maximum absolute atomic E-state index is 4.10. The highest BCUT2D eigenvalue weighted by Crippen LogP contribution is 2.10. The van der Waals surface area contributed by atoms with Gasteiger partial charge in [-0.25, -0.2) is 0 Å². The Kier molecular flexibility index (Phi) is 5.30. The lowest BCUT2D eigenvalue weighted by Crippen LogP contribution is -2.27. The van der Waals surface area contributed by atoms with Crippen molar-refractivity contribution < 1.29 is 0 Å². The van der Waals surface area contributed by atoms with Crippen LogP contribution < -0.4 is 5.32 Å². The van der Waals surface area contributed by atoms with Crippen LogP contribution in [0.1, 0.15) is 25.8 Å². The third-order valence-electron chi connectivity index (χ3n) is 3.43. The number of fused-ring (bicyclic) bond motifs is 1. The molecule has 5 heteroatoms. The predicted molar refractivity (Wildman–Crippen MR) is 78.0 cm³/mol. The molecule has 1 aromatic heterocycles. The normalized spacial score (nSPS) is 11.5. The van der Waals surface area contributed by atoms with Crippen molar-refractivity contribution in [1.29, 1.82) is 0 Å². The average Bonchev–Trinajstić information content (AvgIpc) is 2.90. The Morgan fingerprint density at radius 3 is 2.74 bits per heavy atom. The van der Waals surface area contributed by atoms with Crippen molar-refractivity contribution >= 4 is 11.0 Å². The maximum atomic E-state index is 4.10. The van der Waals surface area contributed by atoms with Crippen LogP contribution in [0, 0.1) is 0 Å². The van der Waals surface area contributed by atoms with E-state index in [4.69, 9.17) is 0 Å². The molecule has 19 heavy (non-hydrogen) atoms. The van der Waals surface area contributed by atoms with Crippen LogP contribution in [0.15, 0.2) is 18.2 Å². The Morgan fingerprint density at radius 2 is 1.95 bits per heavy atom. The molecule has 2 aromatic rings. The number of H-pyrrole nitrogens is 1. The number of benzene rings is 1. The van der Waals surface area contributed by atoms with Gasteiger partial charge in [-0.1, -0.05) is 19.9 Å². The van der Waals surface area contributed by atoms with Gasteiger partial charge >= 0.3 is 0 Å². The summed E-state index contributed by atoms with van der Waals surface area (Å²) in [5.74, 6) is 0. The lowest BCUT2D eigenvalue weighted by Gasteiger charge is -2.17. The molecule has 2 N–H and O–H groups in total. The largest absolute Gasteiger partial charge is 0.313 e. The van der Waals surface area contributed by atoms with Gasteiger partial charge in [-0.3, -0.25) is 0 Å². The smallest absolute Gasteiger partial charge is 0.113 e. The minimum absolute atomic E-state index is 0.890. The molecular weight excluding hydrogens is 238 g/mol. The zero-order chi connectivity index (χ0) is 13.5. The molecule has 0 aliphatic carbocycles. The molecule has 0 saturated heterocycles. The van der Waals surface area contributed by atoms with Crippen LogP contribution >= 0.6 is 0 Å². The summed E-state index contributed by atoms with van der Waals surface area (Å²) in [7, 11) is 0. The summed E-state index contributed by atoms with van der Waals surface area (Å²) in [5.41, 5.74) is 3.11. The quantitative estimate of drug-likeness (QED) is 0.711. The Bertz CT molecular complexity index is 489. The van der Waals surface area contributed by atoms with Gasteiger partial charge in [0, 0.05) is 6.54 Å². The minimum Gasteiger partial charge on any atom is -0.313 e. The second-order valence-electron chi connectivity index (χ2n) is 4.70. The SMILES string of the molecule is CCN(CC)CCCNCc1ccc2n[nH]nc2c1. The van der Waals surface area contributed by atoms with Gasteiger partial charge in [0.25, 0.3) is 0 Å². The topological polar surface area (TPSA) is 56.8 Å². The van der Waals surface area contributed by atoms with Gasteiger partial charge in [-0.05, 0) is 50.3 Å². The fraction of sp³-hybridized carbons (Fsp3) is 0.571. The lowest BCUT2D eigenvalue weighted by molar-refractivity contribution is 0.298. The van der Waals surface area contributed by atoms with Crippen LogP contribution in [0.5, 0.6) is 0 Å². The van der Waals surface area contributed by atoms with Gasteiger partial charge in [0.1, 0.15) is 11.0 Å². The molecule has 1 aromatic carbocycles. The van der Waals surface area contributed by atoms with Crippen molar-refractivity contribution in [2.45, 2.75) is 26.8 Å². The molecule has 5 nitrogen and oxygen atoms in total. The summed E-state index contributed by atoms with van der Waals surface area (Å²) in [6.45, 7) is 9.81. The van der Waals surface area contributed by atoms with Crippen LogP contribution in [0.4, 0.5) is 0 Å². The second-order valence-corrected chi connectivity index (χ2v) is 4.70. The van der Waals surface area contributed by atoms with Crippen molar-refractivity contribution in [2.75, 3.05) is 26.2 Å². The summed E-state index contributed by atoms with van der Waals surface area (Å²) >= 11 is 0. The first kappa shape index (κ1) is 14.0. The molecule has 0 amide bonds. The second kappa shape index (κ2) is 7.21. The molecule has 0 radical (unpaired) electrons. The van der Waals surface area contributed by atoms with Gasteiger partial charge in [0.15, 0.2) is 0 Å². The summed E-state index contributed by atoms with van der Waals surface area (Å²) in [6, 6.07) is 6.18. The molecule has 0 fully saturated rings. The Labute approximate surface area is 114 Å². The zero-order valence-corrected chi connectivity index (χ0v) is 11.8. The van der Waals surface area contributed by atoms with E-state index in [9.17, 15) is 0 Å². The lowest BCUT2D eigenvalue weighted by atomic mass is 10.2. The number of rotatable bonds is 8. The number of nitrogens with zero attached hydrogens (tertiary/aromatic N) is 3. The standard InChI is InChI=1S/C14H23N5/c1-3-19(4-2)9-5-8-15-11-12-6-7-13-14(10-12)17-18-16-13/h6-7,10,15H,3-5,8-9,11H2,1-2H3,(H,16,17,18). The van der Waals surface area contributed by atoms with E-state index in [0.29, 0.717) is 0 Å². The highest BCUT2D eigenvalue weighted by atomic mass is 15.3. The molecule has 0 aliphatic rings. The fourth-order valence-electron chi connectivity index (χ4n) is 2.20. The van der Waals surface area contributed by atoms with Gasteiger partial charge in [0.2, 0.25) is 0 Å². The van der Waals surface area contributed by atoms with Gasteiger partial charge in [0.05, 0.1) is 0 Å². The van der Waals surface area contributed by atoms with Gasteiger partial charge < -0.3 is 10.2 Å². The van der Waals surface area contributed by atoms with E-state index in [2.05, 4.69) is 51.6 Å². The number of aromatic nitrogens is 3. The van der Waals surface area contributed by atoms with Crippen molar-refractivity contribution in [3.8, 4) is 0 Å². The number of nitrogens with one attached hydrogen (secondary N) is 2. The maximum Gasteiger partial charge on any atom is 0.113 e. The highest BCUT2D eigenvalue weighted by Gasteiger charge is 2.00. The summed E-state index contributed by atoms with van der Waals surface area (Å²) < 4.78 is 0. The fourth-order valence-corrected chi connectivity index (χ4v) is 2.20. The van der Waals surface area contributed by atoms with E-state index in [-0.39, 0.29) is 0 Å². The monoisotopic (exact) mass is 261 g/mol. The molecule has 0 atom stereocenters. The Balaban J connectivity index is 1.70. The molecular formula is C14H23N5. The van der Waals surface area contributed by atoms with E-state index in [0.717, 1.165) is 37.2 Å². The molecule has 1 heterocycles. The zero-order valence-electron chi connectivity index (χ0n) is 11.8. The van der Waals surface area contributed by atoms with Crippen LogP contribution in [-0.2, 0) is 6.54 Å². The number of hydrogen-bond donors (Lipinski definition) is 2. The third kappa shape index (κ3) is 4.01. The van der Waals surface area contributed by atoms with E-state index in [1.165, 1.54) is 18.5 Å². The first-order valence-corrected chi connectivity index (χ1v) is 7.06. The number of aromatic amines is 1. The van der Waals surface area contributed by atoms with Crippen LogP contribution in [-0.4, -0.2) is 46.5 Å². The van der Waals surface area contributed by atoms with Crippen molar-refractivity contribution in [3.05, 3.63) is 23.8 Å². The van der Waals surface area contributed by atoms with Crippen molar-refractivity contribution in [3.63, 3.8) is 0 Å². The highest BCUT2D eigenvalue weighted by molar-refractivity contribution is 5.74. The van der Waals surface area contributed by atoms with E-state index in [1.807, 2.05) is 6.07 Å². The van der Waals surface area contributed by atoms with E-state index in [1.54, 1.807) is 0 Å². The third-order valence-corrected chi connectivity index (χ3v) is 3.43. The molecule has 2 rings (SSSR count). The summed E-state index contributed by atoms with van der Waals surface area (Å²) in [6.07, 6.45) is 1.19. The van der Waals surface area contributed by atoms with E-state index >= 15 is 0 Å². The van der Waals surface area contributed by atoms with Gasteiger partial charge in [-0.2, -0.15) is 15.4 Å². The minimum atomic E-state index is 0.890. The number of hydrogen-bond acceptors (Lipinski definition) is 4. The summed E-state index contributed by atoms with van der Waals surface area (Å²) in [4.78, 5) is 2.45. The Hall–Kier alpha value is -1.46. The molecule has 0 saturated carbocycles. The predicted octanol–water partition coefficient (Wildman–Crippen LogP) is 1.78. The van der Waals surface area contributed by atoms with Gasteiger partial charge in [-0.15, -0.1) is 0 Å². The summed E-state index contributed by atoms with van der Waals surface area (Å²) in [5, 5.41) is 14.3. The van der Waals surface area contributed by atoms with Crippen molar-refractivity contribution in [1.82, 2.24) is 25.6 Å². The van der Waals surface area contributed by atoms with E-state index < -0.39 is 0 Å². The van der Waals surface area contributed by atoms with Crippen molar-refractivity contribution in [2.24, 2.45) is 0 Å². The molecule has 0 unspecified atom stereocenters. The average molecular weight is 261 g/mol. The molecule has 0 spiro atoms. The molecule has 104 valence electrons. The molecule has 0 bridgehead atoms. The first-order valence-electron chi connectivity index (χ1n) is 7.06. The van der Waals surface area contributed by atoms with Crippen LogP contribution in [0.3, 0.4) is 0 Å². The van der Waals surface area contributed by atoms with Crippen LogP contribution in [0.25, 0.3) is 11.0 Å². The first-order chi connectivity index (χ1) is 9.33.